The molecule has 0 aliphatic heterocycles. The molecule has 0 spiro atoms. The Morgan fingerprint density at radius 1 is 1.05 bits per heavy atom. The molecule has 0 aliphatic rings. The number of hydrogen-bond donors (Lipinski definition) is 1. The average molecular weight is 251 g/mol. The smallest absolute Gasteiger partial charge is 0.0181 e. The van der Waals surface area contributed by atoms with Gasteiger partial charge in [-0.25, -0.2) is 0 Å². The van der Waals surface area contributed by atoms with E-state index in [1.807, 2.05) is 0 Å². The summed E-state index contributed by atoms with van der Waals surface area (Å²) in [6, 6.07) is 19.4. The third kappa shape index (κ3) is 3.47. The Morgan fingerprint density at radius 3 is 2.47 bits per heavy atom. The summed E-state index contributed by atoms with van der Waals surface area (Å²) < 4.78 is 0. The van der Waals surface area contributed by atoms with Gasteiger partial charge in [0.05, 0.1) is 0 Å². The van der Waals surface area contributed by atoms with Crippen molar-refractivity contribution in [2.45, 2.75) is 19.3 Å². The Balaban J connectivity index is 2.21. The summed E-state index contributed by atoms with van der Waals surface area (Å²) in [5.41, 5.74) is 4.19. The molecule has 0 aromatic heterocycles. The summed E-state index contributed by atoms with van der Waals surface area (Å²) >= 11 is 0. The lowest BCUT2D eigenvalue weighted by atomic mass is 9.89. The van der Waals surface area contributed by atoms with Crippen LogP contribution >= 0.6 is 0 Å². The van der Waals surface area contributed by atoms with Crippen molar-refractivity contribution in [3.63, 3.8) is 0 Å². The summed E-state index contributed by atoms with van der Waals surface area (Å²) in [6.07, 6.45) is 2.78. The molecule has 98 valence electrons. The quantitative estimate of drug-likeness (QED) is 0.762. The van der Waals surface area contributed by atoms with Gasteiger partial charge in [0.15, 0.2) is 0 Å². The fourth-order valence-corrected chi connectivity index (χ4v) is 2.41. The lowest BCUT2D eigenvalue weighted by Gasteiger charge is -2.17. The summed E-state index contributed by atoms with van der Waals surface area (Å²) in [5.74, 6) is 0.432. The maximum atomic E-state index is 3.69. The van der Waals surface area contributed by atoms with Gasteiger partial charge < -0.3 is 5.32 Å². The molecule has 0 radical (unpaired) electrons. The van der Waals surface area contributed by atoms with E-state index in [9.17, 15) is 0 Å². The molecule has 0 saturated heterocycles. The van der Waals surface area contributed by atoms with E-state index in [0.29, 0.717) is 5.92 Å². The number of hydrogen-bond acceptors (Lipinski definition) is 1. The van der Waals surface area contributed by atoms with E-state index in [1.54, 1.807) is 6.20 Å². The summed E-state index contributed by atoms with van der Waals surface area (Å²) in [7, 11) is 0. The monoisotopic (exact) mass is 251 g/mol. The van der Waals surface area contributed by atoms with E-state index in [0.717, 1.165) is 13.0 Å². The minimum atomic E-state index is 0.432. The van der Waals surface area contributed by atoms with Crippen LogP contribution in [-0.2, 0) is 6.42 Å². The Labute approximate surface area is 116 Å². The lowest BCUT2D eigenvalue weighted by molar-refractivity contribution is 0.809. The molecule has 2 aromatic rings. The predicted octanol–water partition coefficient (Wildman–Crippen LogP) is 4.11. The molecule has 1 nitrogen and oxygen atoms in total. The van der Waals surface area contributed by atoms with Crippen LogP contribution in [0.4, 0.5) is 0 Å². The first kappa shape index (κ1) is 13.4. The van der Waals surface area contributed by atoms with Crippen molar-refractivity contribution >= 4 is 0 Å². The fraction of sp³-hybridized carbons (Fsp3) is 0.222. The molecule has 0 aliphatic carbocycles. The molecule has 0 heterocycles. The van der Waals surface area contributed by atoms with Crippen LogP contribution in [0.25, 0.3) is 0 Å². The van der Waals surface area contributed by atoms with Crippen LogP contribution in [0.2, 0.25) is 0 Å². The largest absolute Gasteiger partial charge is 0.391 e. The van der Waals surface area contributed by atoms with Gasteiger partial charge in [-0.2, -0.15) is 0 Å². The van der Waals surface area contributed by atoms with Crippen LogP contribution in [-0.4, -0.2) is 6.54 Å². The van der Waals surface area contributed by atoms with E-state index in [2.05, 4.69) is 73.4 Å². The van der Waals surface area contributed by atoms with Gasteiger partial charge in [0.2, 0.25) is 0 Å². The SMILES string of the molecule is C=CNCCc1ccccc1C(C)c1ccccc1. The van der Waals surface area contributed by atoms with Crippen LogP contribution < -0.4 is 5.32 Å². The van der Waals surface area contributed by atoms with Crippen LogP contribution in [0, 0.1) is 0 Å². The van der Waals surface area contributed by atoms with E-state index in [4.69, 9.17) is 0 Å². The van der Waals surface area contributed by atoms with Gasteiger partial charge in [0.1, 0.15) is 0 Å². The van der Waals surface area contributed by atoms with Crippen molar-refractivity contribution in [3.8, 4) is 0 Å². The summed E-state index contributed by atoms with van der Waals surface area (Å²) in [6.45, 7) is 6.89. The third-order valence-corrected chi connectivity index (χ3v) is 3.50. The fourth-order valence-electron chi connectivity index (χ4n) is 2.41. The van der Waals surface area contributed by atoms with Crippen molar-refractivity contribution in [3.05, 3.63) is 84.1 Å². The average Bonchev–Trinajstić information content (AvgIpc) is 2.48. The second-order valence-corrected chi connectivity index (χ2v) is 4.74. The first-order valence-electron chi connectivity index (χ1n) is 6.80. The van der Waals surface area contributed by atoms with Crippen molar-refractivity contribution in [2.75, 3.05) is 6.54 Å². The number of benzene rings is 2. The zero-order valence-corrected chi connectivity index (χ0v) is 11.5. The molecular formula is C18H21N. The highest BCUT2D eigenvalue weighted by molar-refractivity contribution is 5.37. The van der Waals surface area contributed by atoms with Crippen LogP contribution in [0.1, 0.15) is 29.5 Å². The second-order valence-electron chi connectivity index (χ2n) is 4.74. The molecule has 1 heteroatoms. The highest BCUT2D eigenvalue weighted by Crippen LogP contribution is 2.26. The van der Waals surface area contributed by atoms with Crippen LogP contribution in [0.3, 0.4) is 0 Å². The highest BCUT2D eigenvalue weighted by Gasteiger charge is 2.11. The second kappa shape index (κ2) is 6.79. The number of nitrogens with one attached hydrogen (secondary N) is 1. The van der Waals surface area contributed by atoms with Gasteiger partial charge in [-0.05, 0) is 29.3 Å². The molecule has 0 bridgehead atoms. The molecule has 0 saturated carbocycles. The predicted molar refractivity (Wildman–Crippen MR) is 82.3 cm³/mol. The lowest BCUT2D eigenvalue weighted by Crippen LogP contribution is -2.11. The van der Waals surface area contributed by atoms with Crippen molar-refractivity contribution in [2.24, 2.45) is 0 Å². The van der Waals surface area contributed by atoms with Gasteiger partial charge in [-0.1, -0.05) is 68.1 Å². The first-order chi connectivity index (χ1) is 9.33. The molecular weight excluding hydrogens is 230 g/mol. The number of rotatable bonds is 6. The Bertz CT molecular complexity index is 516. The van der Waals surface area contributed by atoms with Crippen molar-refractivity contribution < 1.29 is 0 Å². The van der Waals surface area contributed by atoms with Crippen molar-refractivity contribution in [1.29, 1.82) is 0 Å². The van der Waals surface area contributed by atoms with E-state index >= 15 is 0 Å². The van der Waals surface area contributed by atoms with E-state index < -0.39 is 0 Å². The zero-order valence-electron chi connectivity index (χ0n) is 11.5. The van der Waals surface area contributed by atoms with Gasteiger partial charge in [0, 0.05) is 12.5 Å². The van der Waals surface area contributed by atoms with Gasteiger partial charge in [0.25, 0.3) is 0 Å². The van der Waals surface area contributed by atoms with Gasteiger partial charge in [-0.3, -0.25) is 0 Å². The summed E-state index contributed by atoms with van der Waals surface area (Å²) in [4.78, 5) is 0. The Kier molecular flexibility index (Phi) is 4.79. The topological polar surface area (TPSA) is 12.0 Å². The molecule has 1 unspecified atom stereocenters. The highest BCUT2D eigenvalue weighted by atomic mass is 14.8. The van der Waals surface area contributed by atoms with Gasteiger partial charge >= 0.3 is 0 Å². The molecule has 2 rings (SSSR count). The maximum Gasteiger partial charge on any atom is 0.0181 e. The van der Waals surface area contributed by atoms with Crippen LogP contribution in [0.5, 0.6) is 0 Å². The molecule has 0 fully saturated rings. The Hall–Kier alpha value is -2.02. The van der Waals surface area contributed by atoms with Gasteiger partial charge in [-0.15, -0.1) is 0 Å². The molecule has 0 amide bonds. The minimum Gasteiger partial charge on any atom is -0.391 e. The van der Waals surface area contributed by atoms with Crippen LogP contribution in [0.15, 0.2) is 67.4 Å². The molecule has 2 aromatic carbocycles. The Morgan fingerprint density at radius 2 is 1.74 bits per heavy atom. The molecule has 1 N–H and O–H groups in total. The van der Waals surface area contributed by atoms with E-state index in [-0.39, 0.29) is 0 Å². The standard InChI is InChI=1S/C18H21N/c1-3-19-14-13-17-11-7-8-12-18(17)15(2)16-9-5-4-6-10-16/h3-12,15,19H,1,13-14H2,2H3. The maximum absolute atomic E-state index is 3.69. The first-order valence-corrected chi connectivity index (χ1v) is 6.80. The van der Waals surface area contributed by atoms with E-state index in [1.165, 1.54) is 16.7 Å². The summed E-state index contributed by atoms with van der Waals surface area (Å²) in [5, 5.41) is 3.17. The molecule has 1 atom stereocenters. The normalized spacial score (nSPS) is 11.8. The van der Waals surface area contributed by atoms with Crippen molar-refractivity contribution in [1.82, 2.24) is 5.32 Å². The molecule has 19 heavy (non-hydrogen) atoms. The minimum absolute atomic E-state index is 0.432. The third-order valence-electron chi connectivity index (χ3n) is 3.50. The zero-order chi connectivity index (χ0) is 13.5.